The molecule has 1 saturated carbocycles. The molecule has 0 saturated heterocycles. The summed E-state index contributed by atoms with van der Waals surface area (Å²) >= 11 is 1.60. The number of ketones is 1. The highest BCUT2D eigenvalue weighted by Crippen LogP contribution is 2.26. The molecule has 1 fully saturated rings. The Morgan fingerprint density at radius 2 is 2.25 bits per heavy atom. The first kappa shape index (κ1) is 11.8. The monoisotopic (exact) mass is 237 g/mol. The van der Waals surface area contributed by atoms with Gasteiger partial charge in [-0.3, -0.25) is 9.69 Å². The molecule has 1 aromatic heterocycles. The van der Waals surface area contributed by atoms with E-state index >= 15 is 0 Å². The zero-order valence-corrected chi connectivity index (χ0v) is 10.8. The predicted octanol–water partition coefficient (Wildman–Crippen LogP) is 2.97. The lowest BCUT2D eigenvalue weighted by Crippen LogP contribution is -2.33. The number of carbonyl (C=O) groups excluding carboxylic acids is 1. The van der Waals surface area contributed by atoms with Gasteiger partial charge in [0.05, 0.1) is 11.4 Å². The number of rotatable bonds is 5. The number of thiophene rings is 1. The first-order valence-electron chi connectivity index (χ1n) is 5.93. The van der Waals surface area contributed by atoms with Crippen LogP contribution < -0.4 is 0 Å². The summed E-state index contributed by atoms with van der Waals surface area (Å²) in [7, 11) is 2.05. The quantitative estimate of drug-likeness (QED) is 0.734. The van der Waals surface area contributed by atoms with Crippen molar-refractivity contribution in [1.29, 1.82) is 0 Å². The maximum Gasteiger partial charge on any atom is 0.186 e. The number of Topliss-reactive ketones (excluding diaryl/α,β-unsaturated/α-hetero) is 1. The van der Waals surface area contributed by atoms with Gasteiger partial charge in [0.25, 0.3) is 0 Å². The van der Waals surface area contributed by atoms with E-state index in [4.69, 9.17) is 0 Å². The summed E-state index contributed by atoms with van der Waals surface area (Å²) in [5.41, 5.74) is 0. The topological polar surface area (TPSA) is 20.3 Å². The van der Waals surface area contributed by atoms with E-state index in [1.165, 1.54) is 24.1 Å². The summed E-state index contributed by atoms with van der Waals surface area (Å²) in [5.74, 6) is 1.10. The SMILES string of the molecule is Cc1ccc(C(=O)CN(C)CC2CCC2)s1. The lowest BCUT2D eigenvalue weighted by molar-refractivity contribution is 0.0929. The molecule has 0 radical (unpaired) electrons. The van der Waals surface area contributed by atoms with Crippen LogP contribution in [0.3, 0.4) is 0 Å². The van der Waals surface area contributed by atoms with Crippen LogP contribution in [0.25, 0.3) is 0 Å². The second-order valence-corrected chi connectivity index (χ2v) is 6.12. The Balaban J connectivity index is 1.81. The maximum absolute atomic E-state index is 11.9. The average Bonchev–Trinajstić information content (AvgIpc) is 2.58. The van der Waals surface area contributed by atoms with E-state index in [-0.39, 0.29) is 5.78 Å². The Labute approximate surface area is 101 Å². The number of hydrogen-bond donors (Lipinski definition) is 0. The predicted molar refractivity (Wildman–Crippen MR) is 68.2 cm³/mol. The van der Waals surface area contributed by atoms with Crippen molar-refractivity contribution in [2.45, 2.75) is 26.2 Å². The Hall–Kier alpha value is -0.670. The van der Waals surface area contributed by atoms with E-state index in [1.54, 1.807) is 11.3 Å². The normalized spacial score (nSPS) is 16.4. The van der Waals surface area contributed by atoms with Crippen molar-refractivity contribution >= 4 is 17.1 Å². The van der Waals surface area contributed by atoms with Crippen molar-refractivity contribution in [1.82, 2.24) is 4.90 Å². The minimum atomic E-state index is 0.264. The largest absolute Gasteiger partial charge is 0.299 e. The van der Waals surface area contributed by atoms with Crippen LogP contribution in [0.15, 0.2) is 12.1 Å². The lowest BCUT2D eigenvalue weighted by Gasteiger charge is -2.29. The fourth-order valence-electron chi connectivity index (χ4n) is 2.09. The van der Waals surface area contributed by atoms with Gasteiger partial charge in [-0.25, -0.2) is 0 Å². The summed E-state index contributed by atoms with van der Waals surface area (Å²) in [6.45, 7) is 3.69. The van der Waals surface area contributed by atoms with Crippen LogP contribution >= 0.6 is 11.3 Å². The molecule has 1 aliphatic rings. The number of hydrogen-bond acceptors (Lipinski definition) is 3. The van der Waals surface area contributed by atoms with Gasteiger partial charge in [0.15, 0.2) is 5.78 Å². The van der Waals surface area contributed by atoms with Crippen molar-refractivity contribution in [2.75, 3.05) is 20.1 Å². The van der Waals surface area contributed by atoms with E-state index in [0.29, 0.717) is 6.54 Å². The Morgan fingerprint density at radius 1 is 1.50 bits per heavy atom. The number of aryl methyl sites for hydroxylation is 1. The number of nitrogens with zero attached hydrogens (tertiary/aromatic N) is 1. The van der Waals surface area contributed by atoms with Gasteiger partial charge in [0, 0.05) is 11.4 Å². The van der Waals surface area contributed by atoms with Gasteiger partial charge in [0.2, 0.25) is 0 Å². The molecule has 1 aliphatic carbocycles. The van der Waals surface area contributed by atoms with Crippen LogP contribution in [0, 0.1) is 12.8 Å². The Kier molecular flexibility index (Phi) is 3.77. The van der Waals surface area contributed by atoms with Crippen LogP contribution in [0.4, 0.5) is 0 Å². The van der Waals surface area contributed by atoms with Crippen molar-refractivity contribution in [3.05, 3.63) is 21.9 Å². The minimum Gasteiger partial charge on any atom is -0.299 e. The standard InChI is InChI=1S/C13H19NOS/c1-10-6-7-13(16-10)12(15)9-14(2)8-11-4-3-5-11/h6-7,11H,3-5,8-9H2,1-2H3. The highest BCUT2D eigenvalue weighted by molar-refractivity contribution is 7.14. The molecular weight excluding hydrogens is 218 g/mol. The number of carbonyl (C=O) groups is 1. The first-order valence-corrected chi connectivity index (χ1v) is 6.75. The number of likely N-dealkylation sites (N-methyl/N-ethyl adjacent to an activating group) is 1. The van der Waals surface area contributed by atoms with Gasteiger partial charge in [0.1, 0.15) is 0 Å². The summed E-state index contributed by atoms with van der Waals surface area (Å²) in [6.07, 6.45) is 4.06. The molecule has 2 nitrogen and oxygen atoms in total. The van der Waals surface area contributed by atoms with Crippen molar-refractivity contribution in [3.63, 3.8) is 0 Å². The van der Waals surface area contributed by atoms with E-state index in [2.05, 4.69) is 11.9 Å². The molecule has 3 heteroatoms. The van der Waals surface area contributed by atoms with E-state index < -0.39 is 0 Å². The molecule has 0 amide bonds. The second-order valence-electron chi connectivity index (χ2n) is 4.83. The van der Waals surface area contributed by atoms with Gasteiger partial charge in [-0.1, -0.05) is 6.42 Å². The summed E-state index contributed by atoms with van der Waals surface area (Å²) in [4.78, 5) is 16.2. The van der Waals surface area contributed by atoms with Gasteiger partial charge < -0.3 is 0 Å². The molecule has 0 aliphatic heterocycles. The van der Waals surface area contributed by atoms with Gasteiger partial charge in [-0.2, -0.15) is 0 Å². The maximum atomic E-state index is 11.9. The molecule has 0 bridgehead atoms. The van der Waals surface area contributed by atoms with Gasteiger partial charge in [-0.05, 0) is 44.9 Å². The molecule has 0 spiro atoms. The minimum absolute atomic E-state index is 0.264. The smallest absolute Gasteiger partial charge is 0.186 e. The summed E-state index contributed by atoms with van der Waals surface area (Å²) in [5, 5.41) is 0. The van der Waals surface area contributed by atoms with Crippen LogP contribution in [0.2, 0.25) is 0 Å². The third-order valence-corrected chi connectivity index (χ3v) is 4.27. The lowest BCUT2D eigenvalue weighted by atomic mass is 9.85. The molecule has 0 atom stereocenters. The zero-order valence-electron chi connectivity index (χ0n) is 10.0. The molecule has 0 N–H and O–H groups in total. The van der Waals surface area contributed by atoms with E-state index in [1.807, 2.05) is 19.1 Å². The van der Waals surface area contributed by atoms with Crippen molar-refractivity contribution in [3.8, 4) is 0 Å². The Morgan fingerprint density at radius 3 is 2.75 bits per heavy atom. The molecule has 88 valence electrons. The molecule has 0 unspecified atom stereocenters. The molecule has 1 aromatic rings. The van der Waals surface area contributed by atoms with Gasteiger partial charge in [-0.15, -0.1) is 11.3 Å². The Bertz CT molecular complexity index is 368. The summed E-state index contributed by atoms with van der Waals surface area (Å²) < 4.78 is 0. The molecule has 1 heterocycles. The van der Waals surface area contributed by atoms with Crippen molar-refractivity contribution in [2.24, 2.45) is 5.92 Å². The van der Waals surface area contributed by atoms with Crippen LogP contribution in [0.1, 0.15) is 33.8 Å². The van der Waals surface area contributed by atoms with Crippen LogP contribution in [-0.2, 0) is 0 Å². The van der Waals surface area contributed by atoms with Crippen LogP contribution in [0.5, 0.6) is 0 Å². The van der Waals surface area contributed by atoms with Crippen LogP contribution in [-0.4, -0.2) is 30.8 Å². The molecule has 16 heavy (non-hydrogen) atoms. The zero-order chi connectivity index (χ0) is 11.5. The first-order chi connectivity index (χ1) is 7.65. The third kappa shape index (κ3) is 2.92. The average molecular weight is 237 g/mol. The molecule has 0 aromatic carbocycles. The fourth-order valence-corrected chi connectivity index (χ4v) is 2.89. The van der Waals surface area contributed by atoms with Crippen molar-refractivity contribution < 1.29 is 4.79 Å². The highest BCUT2D eigenvalue weighted by atomic mass is 32.1. The van der Waals surface area contributed by atoms with Gasteiger partial charge >= 0.3 is 0 Å². The third-order valence-electron chi connectivity index (χ3n) is 3.22. The summed E-state index contributed by atoms with van der Waals surface area (Å²) in [6, 6.07) is 3.96. The fraction of sp³-hybridized carbons (Fsp3) is 0.615. The second kappa shape index (κ2) is 5.11. The van der Waals surface area contributed by atoms with E-state index in [0.717, 1.165) is 17.3 Å². The molecular formula is C13H19NOS. The van der Waals surface area contributed by atoms with E-state index in [9.17, 15) is 4.79 Å². The molecule has 2 rings (SSSR count). The highest BCUT2D eigenvalue weighted by Gasteiger charge is 2.20.